The highest BCUT2D eigenvalue weighted by Crippen LogP contribution is 2.34. The minimum absolute atomic E-state index is 0. The molecule has 0 spiro atoms. The van der Waals surface area contributed by atoms with Crippen LogP contribution in [0.2, 0.25) is 5.02 Å². The third kappa shape index (κ3) is 5.02. The number of hydrogen-bond acceptors (Lipinski definition) is 6. The molecular weight excluding hydrogens is 451 g/mol. The Morgan fingerprint density at radius 3 is 2.66 bits per heavy atom. The average molecular weight is 473 g/mol. The van der Waals surface area contributed by atoms with Gasteiger partial charge in [0.2, 0.25) is 10.0 Å². The van der Waals surface area contributed by atoms with Crippen LogP contribution >= 0.6 is 35.3 Å². The van der Waals surface area contributed by atoms with Gasteiger partial charge < -0.3 is 9.80 Å². The molecule has 156 valence electrons. The summed E-state index contributed by atoms with van der Waals surface area (Å²) in [5.74, 6) is 0.859. The Bertz CT molecular complexity index is 1100. The molecule has 0 bridgehead atoms. The first-order valence-corrected chi connectivity index (χ1v) is 11.7. The fourth-order valence-electron chi connectivity index (χ4n) is 3.22. The largest absolute Gasteiger partial charge is 0.354 e. The van der Waals surface area contributed by atoms with Gasteiger partial charge in [0.15, 0.2) is 0 Å². The van der Waals surface area contributed by atoms with Crippen molar-refractivity contribution in [3.05, 3.63) is 53.2 Å². The number of benzene rings is 1. The third-order valence-electron chi connectivity index (χ3n) is 4.82. The minimum atomic E-state index is -3.62. The maximum Gasteiger partial charge on any atom is 0.250 e. The number of pyridine rings is 1. The van der Waals surface area contributed by atoms with E-state index < -0.39 is 10.0 Å². The zero-order chi connectivity index (χ0) is 19.7. The molecule has 0 saturated carbocycles. The first kappa shape index (κ1) is 22.3. The molecule has 4 rings (SSSR count). The van der Waals surface area contributed by atoms with Crippen LogP contribution in [0.15, 0.2) is 46.8 Å². The van der Waals surface area contributed by atoms with Gasteiger partial charge in [0.05, 0.1) is 0 Å². The Morgan fingerprint density at radius 2 is 1.93 bits per heavy atom. The molecule has 1 N–H and O–H groups in total. The lowest BCUT2D eigenvalue weighted by molar-refractivity contribution is 0.312. The first-order valence-electron chi connectivity index (χ1n) is 8.98. The number of halogens is 2. The molecule has 0 unspecified atom stereocenters. The summed E-state index contributed by atoms with van der Waals surface area (Å²) in [5.41, 5.74) is 0.817. The molecule has 3 heterocycles. The second-order valence-electron chi connectivity index (χ2n) is 6.86. The van der Waals surface area contributed by atoms with Gasteiger partial charge in [0.25, 0.3) is 0 Å². The Hall–Kier alpha value is -1.42. The van der Waals surface area contributed by atoms with E-state index in [1.165, 1.54) is 11.3 Å². The van der Waals surface area contributed by atoms with Crippen LogP contribution in [0.4, 0.5) is 5.82 Å². The molecule has 6 nitrogen and oxygen atoms in total. The summed E-state index contributed by atoms with van der Waals surface area (Å²) in [7, 11) is -1.52. The van der Waals surface area contributed by atoms with Crippen LogP contribution in [-0.2, 0) is 16.6 Å². The lowest BCUT2D eigenvalue weighted by atomic mass is 10.2. The molecule has 1 fully saturated rings. The van der Waals surface area contributed by atoms with Gasteiger partial charge in [-0.25, -0.2) is 18.1 Å². The van der Waals surface area contributed by atoms with Gasteiger partial charge >= 0.3 is 0 Å². The first-order chi connectivity index (χ1) is 13.4. The molecule has 0 radical (unpaired) electrons. The molecule has 1 aromatic carbocycles. The number of aromatic nitrogens is 1. The van der Waals surface area contributed by atoms with E-state index in [0.717, 1.165) is 47.6 Å². The molecule has 10 heteroatoms. The van der Waals surface area contributed by atoms with Crippen molar-refractivity contribution in [1.82, 2.24) is 14.6 Å². The van der Waals surface area contributed by atoms with Gasteiger partial charge in [0, 0.05) is 54.0 Å². The molecule has 1 aliphatic heterocycles. The molecule has 0 atom stereocenters. The molecule has 0 amide bonds. The predicted molar refractivity (Wildman–Crippen MR) is 122 cm³/mol. The van der Waals surface area contributed by atoms with Gasteiger partial charge in [-0.2, -0.15) is 0 Å². The summed E-state index contributed by atoms with van der Waals surface area (Å²) in [6, 6.07) is 10.8. The highest BCUT2D eigenvalue weighted by atomic mass is 35.5. The lowest BCUT2D eigenvalue weighted by Gasteiger charge is -2.33. The van der Waals surface area contributed by atoms with Crippen LogP contribution in [0, 0.1) is 0 Å². The van der Waals surface area contributed by atoms with Gasteiger partial charge in [0.1, 0.15) is 10.0 Å². The van der Waals surface area contributed by atoms with Gasteiger partial charge in [-0.15, -0.1) is 23.7 Å². The fourth-order valence-corrected chi connectivity index (χ4v) is 5.88. The van der Waals surface area contributed by atoms with E-state index in [-0.39, 0.29) is 19.0 Å². The Kier molecular flexibility index (Phi) is 7.03. The van der Waals surface area contributed by atoms with Crippen molar-refractivity contribution in [2.75, 3.05) is 38.1 Å². The van der Waals surface area contributed by atoms with Crippen LogP contribution in [0.5, 0.6) is 0 Å². The number of fused-ring (bicyclic) bond motifs is 1. The van der Waals surface area contributed by atoms with Crippen molar-refractivity contribution in [3.8, 4) is 0 Å². The summed E-state index contributed by atoms with van der Waals surface area (Å²) in [5, 5.41) is 1.47. The van der Waals surface area contributed by atoms with Crippen LogP contribution in [0.25, 0.3) is 10.1 Å². The Morgan fingerprint density at radius 1 is 1.17 bits per heavy atom. The second-order valence-corrected chi connectivity index (χ2v) is 10.4. The van der Waals surface area contributed by atoms with Crippen molar-refractivity contribution in [2.45, 2.75) is 10.8 Å². The molecule has 0 aliphatic carbocycles. The number of rotatable bonds is 5. The number of nitrogens with one attached hydrogen (secondary N) is 1. The number of hydrogen-bond donors (Lipinski definition) is 1. The van der Waals surface area contributed by atoms with E-state index in [1.54, 1.807) is 30.5 Å². The van der Waals surface area contributed by atoms with Crippen molar-refractivity contribution < 1.29 is 8.42 Å². The van der Waals surface area contributed by atoms with E-state index in [9.17, 15) is 8.42 Å². The topological polar surface area (TPSA) is 65.5 Å². The predicted octanol–water partition coefficient (Wildman–Crippen LogP) is 3.60. The van der Waals surface area contributed by atoms with Crippen molar-refractivity contribution in [3.63, 3.8) is 0 Å². The molecule has 29 heavy (non-hydrogen) atoms. The highest BCUT2D eigenvalue weighted by molar-refractivity contribution is 7.91. The van der Waals surface area contributed by atoms with Crippen molar-refractivity contribution >= 4 is 61.3 Å². The maximum absolute atomic E-state index is 12.8. The zero-order valence-corrected chi connectivity index (χ0v) is 19.0. The SMILES string of the molecule is CN1CCN(c2nccc3sc(S(=O)(=O)NCc4cccc(Cl)c4)cc23)CC1.Cl. The van der Waals surface area contributed by atoms with Gasteiger partial charge in [-0.3, -0.25) is 0 Å². The number of likely N-dealkylation sites (N-methyl/N-ethyl adjacent to an activating group) is 1. The number of thiophene rings is 1. The number of anilines is 1. The van der Waals surface area contributed by atoms with Crippen LogP contribution in [-0.4, -0.2) is 51.5 Å². The van der Waals surface area contributed by atoms with Crippen LogP contribution in [0.3, 0.4) is 0 Å². The quantitative estimate of drug-likeness (QED) is 0.614. The van der Waals surface area contributed by atoms with Crippen LogP contribution in [0.1, 0.15) is 5.56 Å². The fraction of sp³-hybridized carbons (Fsp3) is 0.316. The van der Waals surface area contributed by atoms with Crippen molar-refractivity contribution in [2.24, 2.45) is 0 Å². The summed E-state index contributed by atoms with van der Waals surface area (Å²) >= 11 is 7.24. The third-order valence-corrected chi connectivity index (χ3v) is 8.04. The Labute approximate surface area is 186 Å². The summed E-state index contributed by atoms with van der Waals surface area (Å²) in [4.78, 5) is 9.04. The van der Waals surface area contributed by atoms with E-state index >= 15 is 0 Å². The molecule has 2 aromatic heterocycles. The highest BCUT2D eigenvalue weighted by Gasteiger charge is 2.22. The van der Waals surface area contributed by atoms with Crippen LogP contribution < -0.4 is 9.62 Å². The summed E-state index contributed by atoms with van der Waals surface area (Å²) in [6.07, 6.45) is 1.75. The minimum Gasteiger partial charge on any atom is -0.354 e. The zero-order valence-electron chi connectivity index (χ0n) is 15.8. The van der Waals surface area contributed by atoms with Crippen molar-refractivity contribution in [1.29, 1.82) is 0 Å². The van der Waals surface area contributed by atoms with E-state index in [4.69, 9.17) is 11.6 Å². The van der Waals surface area contributed by atoms with Gasteiger partial charge in [-0.05, 0) is 36.9 Å². The maximum atomic E-state index is 12.8. The molecule has 1 aliphatic rings. The molecular formula is C19H22Cl2N4O2S2. The standard InChI is InChI=1S/C19H21ClN4O2S2.ClH/c1-23-7-9-24(10-8-23)19-16-12-18(27-17(16)5-6-21-19)28(25,26)22-13-14-3-2-4-15(20)11-14;/h2-6,11-12,22H,7-10,13H2,1H3;1H. The van der Waals surface area contributed by atoms with E-state index in [2.05, 4.69) is 26.6 Å². The number of piperazine rings is 1. The average Bonchev–Trinajstić information content (AvgIpc) is 3.13. The number of sulfonamides is 1. The second kappa shape index (κ2) is 9.16. The molecule has 3 aromatic rings. The lowest BCUT2D eigenvalue weighted by Crippen LogP contribution is -2.44. The number of nitrogens with zero attached hydrogens (tertiary/aromatic N) is 3. The smallest absolute Gasteiger partial charge is 0.250 e. The van der Waals surface area contributed by atoms with E-state index in [0.29, 0.717) is 9.23 Å². The Balaban J connectivity index is 0.00000240. The normalized spacial score (nSPS) is 15.4. The summed E-state index contributed by atoms with van der Waals surface area (Å²) in [6.45, 7) is 3.89. The molecule has 1 saturated heterocycles. The van der Waals surface area contributed by atoms with Gasteiger partial charge in [-0.1, -0.05) is 23.7 Å². The monoisotopic (exact) mass is 472 g/mol. The summed E-state index contributed by atoms with van der Waals surface area (Å²) < 4.78 is 29.5. The van der Waals surface area contributed by atoms with E-state index in [1.807, 2.05) is 12.1 Å².